The Morgan fingerprint density at radius 3 is 2.58 bits per heavy atom. The normalized spacial score (nSPS) is 11.1. The zero-order valence-corrected chi connectivity index (χ0v) is 10.9. The summed E-state index contributed by atoms with van der Waals surface area (Å²) >= 11 is 5.77. The molecule has 1 heterocycles. The molecule has 102 valence electrons. The summed E-state index contributed by atoms with van der Waals surface area (Å²) < 4.78 is 44.7. The van der Waals surface area contributed by atoms with Crippen LogP contribution in [0.1, 0.15) is 12.4 Å². The summed E-state index contributed by atoms with van der Waals surface area (Å²) in [6, 6.07) is 2.39. The molecular weight excluding hydrogens is 281 g/mol. The van der Waals surface area contributed by atoms with Crippen LogP contribution in [-0.4, -0.2) is 16.7 Å². The molecule has 0 saturated heterocycles. The highest BCUT2D eigenvalue weighted by molar-refractivity contribution is 6.32. The summed E-state index contributed by atoms with van der Waals surface area (Å²) in [5.74, 6) is -0.301. The van der Waals surface area contributed by atoms with Gasteiger partial charge in [-0.1, -0.05) is 11.6 Å². The van der Waals surface area contributed by atoms with Gasteiger partial charge in [0.2, 0.25) is 0 Å². The molecule has 0 unspecified atom stereocenters. The number of imidazole rings is 1. The third-order valence-corrected chi connectivity index (χ3v) is 2.94. The van der Waals surface area contributed by atoms with Gasteiger partial charge in [0.05, 0.1) is 17.8 Å². The first-order chi connectivity index (χ1) is 8.93. The molecule has 0 aliphatic rings. The van der Waals surface area contributed by atoms with Crippen molar-refractivity contribution in [3.63, 3.8) is 0 Å². The van der Waals surface area contributed by atoms with Crippen molar-refractivity contribution in [3.8, 4) is 17.0 Å². The Labute approximate surface area is 112 Å². The topological polar surface area (TPSA) is 27.1 Å². The molecule has 0 N–H and O–H groups in total. The lowest BCUT2D eigenvalue weighted by atomic mass is 10.1. The minimum Gasteiger partial charge on any atom is -0.495 e. The number of hydrogen-bond acceptors (Lipinski definition) is 2. The van der Waals surface area contributed by atoms with Gasteiger partial charge in [-0.25, -0.2) is 9.37 Å². The number of aromatic nitrogens is 2. The molecule has 0 radical (unpaired) electrons. The lowest BCUT2D eigenvalue weighted by Crippen LogP contribution is -1.98. The second-order valence-corrected chi connectivity index (χ2v) is 4.23. The third kappa shape index (κ3) is 2.53. The van der Waals surface area contributed by atoms with Gasteiger partial charge in [-0.2, -0.15) is 8.78 Å². The Kier molecular flexibility index (Phi) is 3.71. The molecule has 3 nitrogen and oxygen atoms in total. The van der Waals surface area contributed by atoms with Crippen molar-refractivity contribution in [3.05, 3.63) is 35.0 Å². The number of nitrogens with zero attached hydrogens (tertiary/aromatic N) is 2. The van der Waals surface area contributed by atoms with Gasteiger partial charge in [-0.15, -0.1) is 0 Å². The van der Waals surface area contributed by atoms with E-state index in [1.165, 1.54) is 20.1 Å². The average Bonchev–Trinajstić information content (AvgIpc) is 2.71. The van der Waals surface area contributed by atoms with Gasteiger partial charge in [0.1, 0.15) is 17.4 Å². The first-order valence-electron chi connectivity index (χ1n) is 5.31. The van der Waals surface area contributed by atoms with Crippen molar-refractivity contribution < 1.29 is 17.9 Å². The average molecular weight is 291 g/mol. The summed E-state index contributed by atoms with van der Waals surface area (Å²) in [5.41, 5.74) is 0.161. The molecule has 0 atom stereocenters. The number of benzene rings is 1. The number of aryl methyl sites for hydroxylation is 1. The van der Waals surface area contributed by atoms with Crippen molar-refractivity contribution in [1.82, 2.24) is 9.55 Å². The van der Waals surface area contributed by atoms with E-state index in [9.17, 15) is 13.2 Å². The number of ether oxygens (including phenoxy) is 1. The minimum absolute atomic E-state index is 0.0590. The summed E-state index contributed by atoms with van der Waals surface area (Å²) in [4.78, 5) is 3.91. The van der Waals surface area contributed by atoms with Crippen LogP contribution in [0.5, 0.6) is 5.75 Å². The molecule has 1 aromatic carbocycles. The fourth-order valence-corrected chi connectivity index (χ4v) is 1.92. The van der Waals surface area contributed by atoms with Crippen LogP contribution in [0.25, 0.3) is 11.3 Å². The Balaban J connectivity index is 2.55. The zero-order valence-electron chi connectivity index (χ0n) is 10.1. The monoisotopic (exact) mass is 290 g/mol. The number of alkyl halides is 2. The van der Waals surface area contributed by atoms with E-state index in [0.29, 0.717) is 4.57 Å². The van der Waals surface area contributed by atoms with Crippen molar-refractivity contribution in [1.29, 1.82) is 0 Å². The minimum atomic E-state index is -2.72. The van der Waals surface area contributed by atoms with E-state index in [2.05, 4.69) is 4.98 Å². The van der Waals surface area contributed by atoms with Gasteiger partial charge < -0.3 is 4.74 Å². The zero-order chi connectivity index (χ0) is 14.2. The molecule has 0 spiro atoms. The lowest BCUT2D eigenvalue weighted by molar-refractivity contribution is 0.0680. The summed E-state index contributed by atoms with van der Waals surface area (Å²) in [6.07, 6.45) is 1.09. The van der Waals surface area contributed by atoms with E-state index in [0.717, 1.165) is 12.3 Å². The molecular formula is C12H10ClF3N2O. The summed E-state index contributed by atoms with van der Waals surface area (Å²) in [5, 5.41) is 0.105. The third-order valence-electron chi connectivity index (χ3n) is 2.65. The van der Waals surface area contributed by atoms with Gasteiger partial charge in [-0.05, 0) is 19.1 Å². The molecule has 0 bridgehead atoms. The molecule has 2 rings (SSSR count). The molecule has 0 amide bonds. The Hall–Kier alpha value is -1.69. The molecule has 0 aliphatic heterocycles. The SMILES string of the molecule is COc1cc(-c2cn(C(F)F)c(C)n2)c(F)cc1Cl. The number of hydrogen-bond donors (Lipinski definition) is 0. The van der Waals surface area contributed by atoms with Crippen LogP contribution in [0.3, 0.4) is 0 Å². The van der Waals surface area contributed by atoms with Crippen molar-refractivity contribution in [2.75, 3.05) is 7.11 Å². The van der Waals surface area contributed by atoms with Gasteiger partial charge in [0.15, 0.2) is 0 Å². The highest BCUT2D eigenvalue weighted by Crippen LogP contribution is 2.33. The summed E-state index contributed by atoms with van der Waals surface area (Å²) in [6.45, 7) is -1.31. The van der Waals surface area contributed by atoms with E-state index >= 15 is 0 Å². The number of halogens is 4. The fraction of sp³-hybridized carbons (Fsp3) is 0.250. The van der Waals surface area contributed by atoms with Gasteiger partial charge >= 0.3 is 6.55 Å². The maximum Gasteiger partial charge on any atom is 0.319 e. The lowest BCUT2D eigenvalue weighted by Gasteiger charge is -2.06. The van der Waals surface area contributed by atoms with Crippen LogP contribution < -0.4 is 4.74 Å². The Morgan fingerprint density at radius 1 is 1.37 bits per heavy atom. The van der Waals surface area contributed by atoms with Gasteiger partial charge in [0, 0.05) is 11.8 Å². The molecule has 19 heavy (non-hydrogen) atoms. The molecule has 7 heteroatoms. The van der Waals surface area contributed by atoms with Crippen molar-refractivity contribution in [2.45, 2.75) is 13.5 Å². The smallest absolute Gasteiger partial charge is 0.319 e. The second kappa shape index (κ2) is 5.13. The van der Waals surface area contributed by atoms with Crippen LogP contribution in [0.4, 0.5) is 13.2 Å². The highest BCUT2D eigenvalue weighted by atomic mass is 35.5. The van der Waals surface area contributed by atoms with E-state index < -0.39 is 12.4 Å². The standard InChI is InChI=1S/C12H10ClF3N2O/c1-6-17-10(5-18(6)12(15)16)7-3-11(19-2)8(13)4-9(7)14/h3-5,12H,1-2H3. The van der Waals surface area contributed by atoms with Crippen molar-refractivity contribution in [2.24, 2.45) is 0 Å². The molecule has 0 aliphatic carbocycles. The van der Waals surface area contributed by atoms with Crippen LogP contribution in [-0.2, 0) is 0 Å². The van der Waals surface area contributed by atoms with Gasteiger partial charge in [0.25, 0.3) is 0 Å². The second-order valence-electron chi connectivity index (χ2n) is 3.82. The van der Waals surface area contributed by atoms with Crippen LogP contribution in [0.2, 0.25) is 5.02 Å². The quantitative estimate of drug-likeness (QED) is 0.852. The predicted octanol–water partition coefficient (Wildman–Crippen LogP) is 4.05. The van der Waals surface area contributed by atoms with E-state index in [-0.39, 0.29) is 27.9 Å². The van der Waals surface area contributed by atoms with E-state index in [4.69, 9.17) is 16.3 Å². The largest absolute Gasteiger partial charge is 0.495 e. The molecule has 0 saturated carbocycles. The Bertz CT molecular complexity index is 613. The maximum absolute atomic E-state index is 13.8. The molecule has 2 aromatic rings. The summed E-state index contributed by atoms with van der Waals surface area (Å²) in [7, 11) is 1.38. The fourth-order valence-electron chi connectivity index (χ4n) is 1.70. The van der Waals surface area contributed by atoms with Gasteiger partial charge in [-0.3, -0.25) is 4.57 Å². The van der Waals surface area contributed by atoms with Crippen LogP contribution in [0, 0.1) is 12.7 Å². The predicted molar refractivity (Wildman–Crippen MR) is 65.2 cm³/mol. The Morgan fingerprint density at radius 2 is 2.05 bits per heavy atom. The molecule has 0 fully saturated rings. The van der Waals surface area contributed by atoms with Crippen LogP contribution in [0.15, 0.2) is 18.3 Å². The first kappa shape index (κ1) is 13.7. The van der Waals surface area contributed by atoms with E-state index in [1.54, 1.807) is 0 Å². The number of rotatable bonds is 3. The van der Waals surface area contributed by atoms with Crippen LogP contribution >= 0.6 is 11.6 Å². The molecule has 1 aromatic heterocycles. The van der Waals surface area contributed by atoms with E-state index in [1.807, 2.05) is 0 Å². The van der Waals surface area contributed by atoms with Crippen molar-refractivity contribution >= 4 is 11.6 Å². The maximum atomic E-state index is 13.8. The highest BCUT2D eigenvalue weighted by Gasteiger charge is 2.17. The first-order valence-corrected chi connectivity index (χ1v) is 5.69. The number of methoxy groups -OCH3 is 1.